The highest BCUT2D eigenvalue weighted by atomic mass is 19.4. The lowest BCUT2D eigenvalue weighted by Crippen LogP contribution is -2.33. The fourth-order valence-electron chi connectivity index (χ4n) is 5.28. The first-order valence-corrected chi connectivity index (χ1v) is 11.8. The molecule has 2 fully saturated rings. The minimum atomic E-state index is -4.39. The molecular weight excluding hydrogens is 439 g/mol. The first-order chi connectivity index (χ1) is 16.3. The molecule has 0 spiro atoms. The molecule has 0 radical (unpaired) electrons. The van der Waals surface area contributed by atoms with Gasteiger partial charge in [-0.15, -0.1) is 0 Å². The Morgan fingerprint density at radius 1 is 1.06 bits per heavy atom. The summed E-state index contributed by atoms with van der Waals surface area (Å²) in [6.07, 6.45) is -0.689. The summed E-state index contributed by atoms with van der Waals surface area (Å²) in [5.41, 5.74) is 4.43. The number of fused-ring (bicyclic) bond motifs is 1. The van der Waals surface area contributed by atoms with Gasteiger partial charge >= 0.3 is 6.18 Å². The van der Waals surface area contributed by atoms with Crippen LogP contribution < -0.4 is 0 Å². The normalized spacial score (nSPS) is 23.5. The molecule has 2 N–H and O–H groups in total. The van der Waals surface area contributed by atoms with Crippen molar-refractivity contribution in [3.63, 3.8) is 0 Å². The van der Waals surface area contributed by atoms with Crippen LogP contribution in [0.25, 0.3) is 22.0 Å². The topological polar surface area (TPSA) is 53.7 Å². The quantitative estimate of drug-likeness (QED) is 0.333. The van der Waals surface area contributed by atoms with Crippen molar-refractivity contribution in [2.45, 2.75) is 56.2 Å². The van der Waals surface area contributed by atoms with Crippen molar-refractivity contribution in [3.05, 3.63) is 77.2 Å². The second-order valence-electron chi connectivity index (χ2n) is 9.90. The number of rotatable bonds is 4. The molecule has 2 aromatic heterocycles. The molecule has 1 aliphatic heterocycles. The van der Waals surface area contributed by atoms with Crippen LogP contribution in [-0.4, -0.2) is 21.8 Å². The molecule has 2 unspecified atom stereocenters. The maximum Gasteiger partial charge on any atom is 0.416 e. The molecule has 6 rings (SSSR count). The number of halogens is 3. The van der Waals surface area contributed by atoms with Crippen molar-refractivity contribution in [2.24, 2.45) is 0 Å². The number of nitrogens with one attached hydrogen (secondary N) is 2. The Morgan fingerprint density at radius 2 is 1.88 bits per heavy atom. The zero-order valence-electron chi connectivity index (χ0n) is 18.9. The smallest absolute Gasteiger partial charge is 0.372 e. The van der Waals surface area contributed by atoms with Crippen LogP contribution in [0.4, 0.5) is 13.2 Å². The number of alkyl halides is 3. The SMILES string of the molecule is CC1(c2[nH]c3ccccc3c2-c2cccc(C(F)(F)F)c2)CCOC(c2cc(C3CC3)n[nH]2)C1. The zero-order chi connectivity index (χ0) is 23.5. The molecule has 0 amide bonds. The van der Waals surface area contributed by atoms with Crippen LogP contribution in [-0.2, 0) is 16.3 Å². The number of aromatic nitrogens is 3. The molecular formula is C27H26F3N3O. The minimum Gasteiger partial charge on any atom is -0.372 e. The maximum absolute atomic E-state index is 13.5. The first kappa shape index (κ1) is 21.5. The predicted octanol–water partition coefficient (Wildman–Crippen LogP) is 7.26. The molecule has 4 nitrogen and oxygen atoms in total. The Kier molecular flexibility index (Phi) is 4.88. The number of hydrogen-bond donors (Lipinski definition) is 2. The predicted molar refractivity (Wildman–Crippen MR) is 125 cm³/mol. The van der Waals surface area contributed by atoms with E-state index in [4.69, 9.17) is 4.74 Å². The summed E-state index contributed by atoms with van der Waals surface area (Å²) in [5, 5.41) is 8.59. The average molecular weight is 466 g/mol. The van der Waals surface area contributed by atoms with Gasteiger partial charge in [0.25, 0.3) is 0 Å². The fraction of sp³-hybridized carbons (Fsp3) is 0.370. The molecule has 1 saturated carbocycles. The molecule has 2 atom stereocenters. The lowest BCUT2D eigenvalue weighted by Gasteiger charge is -2.38. The van der Waals surface area contributed by atoms with E-state index in [2.05, 4.69) is 28.2 Å². The third-order valence-corrected chi connectivity index (χ3v) is 7.36. The Labute approximate surface area is 195 Å². The lowest BCUT2D eigenvalue weighted by atomic mass is 9.74. The number of aromatic amines is 2. The van der Waals surface area contributed by atoms with Gasteiger partial charge in [-0.2, -0.15) is 18.3 Å². The summed E-state index contributed by atoms with van der Waals surface area (Å²) in [4.78, 5) is 3.57. The van der Waals surface area contributed by atoms with Crippen LogP contribution in [0.1, 0.15) is 67.3 Å². The number of ether oxygens (including phenoxy) is 1. The van der Waals surface area contributed by atoms with Gasteiger partial charge in [-0.25, -0.2) is 0 Å². The molecule has 176 valence electrons. The molecule has 1 saturated heterocycles. The van der Waals surface area contributed by atoms with E-state index in [0.29, 0.717) is 24.5 Å². The summed E-state index contributed by atoms with van der Waals surface area (Å²) >= 11 is 0. The fourth-order valence-corrected chi connectivity index (χ4v) is 5.28. The standard InChI is InChI=1S/C27H26F3N3O/c1-26(11-12-34-23(15-26)22-14-21(32-33-22)16-9-10-16)25-24(19-7-2-3-8-20(19)31-25)17-5-4-6-18(13-17)27(28,29)30/h2-8,13-14,16,23,31H,9-12,15H2,1H3,(H,32,33). The summed E-state index contributed by atoms with van der Waals surface area (Å²) < 4.78 is 46.7. The van der Waals surface area contributed by atoms with Crippen molar-refractivity contribution in [1.29, 1.82) is 0 Å². The highest BCUT2D eigenvalue weighted by Gasteiger charge is 2.40. The van der Waals surface area contributed by atoms with Crippen LogP contribution in [0.15, 0.2) is 54.6 Å². The number of hydrogen-bond acceptors (Lipinski definition) is 2. The van der Waals surface area contributed by atoms with Crippen molar-refractivity contribution in [1.82, 2.24) is 15.2 Å². The first-order valence-electron chi connectivity index (χ1n) is 11.8. The lowest BCUT2D eigenvalue weighted by molar-refractivity contribution is -0.137. The van der Waals surface area contributed by atoms with Gasteiger partial charge in [-0.1, -0.05) is 37.3 Å². The van der Waals surface area contributed by atoms with Gasteiger partial charge in [0.1, 0.15) is 0 Å². The van der Waals surface area contributed by atoms with Gasteiger partial charge in [-0.3, -0.25) is 5.10 Å². The van der Waals surface area contributed by atoms with Crippen molar-refractivity contribution >= 4 is 10.9 Å². The van der Waals surface area contributed by atoms with Gasteiger partial charge in [-0.05, 0) is 55.5 Å². The molecule has 1 aliphatic carbocycles. The highest BCUT2D eigenvalue weighted by molar-refractivity contribution is 5.98. The van der Waals surface area contributed by atoms with Crippen LogP contribution in [0.5, 0.6) is 0 Å². The number of para-hydroxylation sites is 1. The Hall–Kier alpha value is -3.06. The highest BCUT2D eigenvalue weighted by Crippen LogP contribution is 2.48. The second kappa shape index (κ2) is 7.73. The molecule has 3 heterocycles. The summed E-state index contributed by atoms with van der Waals surface area (Å²) in [7, 11) is 0. The van der Waals surface area contributed by atoms with E-state index in [1.807, 2.05) is 24.3 Å². The van der Waals surface area contributed by atoms with Gasteiger partial charge in [0.15, 0.2) is 0 Å². The van der Waals surface area contributed by atoms with E-state index in [0.717, 1.165) is 46.0 Å². The number of nitrogens with zero attached hydrogens (tertiary/aromatic N) is 1. The van der Waals surface area contributed by atoms with Crippen molar-refractivity contribution in [2.75, 3.05) is 6.61 Å². The zero-order valence-corrected chi connectivity index (χ0v) is 18.9. The van der Waals surface area contributed by atoms with E-state index >= 15 is 0 Å². The van der Waals surface area contributed by atoms with Crippen LogP contribution in [0, 0.1) is 0 Å². The molecule has 34 heavy (non-hydrogen) atoms. The van der Waals surface area contributed by atoms with E-state index in [9.17, 15) is 13.2 Å². The summed E-state index contributed by atoms with van der Waals surface area (Å²) in [5.74, 6) is 0.557. The van der Waals surface area contributed by atoms with Crippen LogP contribution >= 0.6 is 0 Å². The largest absolute Gasteiger partial charge is 0.416 e. The van der Waals surface area contributed by atoms with Gasteiger partial charge in [0, 0.05) is 40.1 Å². The minimum absolute atomic E-state index is 0.139. The monoisotopic (exact) mass is 465 g/mol. The Balaban J connectivity index is 1.44. The third kappa shape index (κ3) is 3.72. The van der Waals surface area contributed by atoms with Crippen LogP contribution in [0.3, 0.4) is 0 Å². The molecule has 2 aliphatic rings. The second-order valence-corrected chi connectivity index (χ2v) is 9.90. The van der Waals surface area contributed by atoms with Crippen molar-refractivity contribution < 1.29 is 17.9 Å². The number of benzene rings is 2. The van der Waals surface area contributed by atoms with Gasteiger partial charge in [0.2, 0.25) is 0 Å². The maximum atomic E-state index is 13.5. The summed E-state index contributed by atoms with van der Waals surface area (Å²) in [6, 6.07) is 15.6. The average Bonchev–Trinajstić information content (AvgIpc) is 3.41. The van der Waals surface area contributed by atoms with E-state index < -0.39 is 11.7 Å². The third-order valence-electron chi connectivity index (χ3n) is 7.36. The van der Waals surface area contributed by atoms with Gasteiger partial charge < -0.3 is 9.72 Å². The molecule has 0 bridgehead atoms. The van der Waals surface area contributed by atoms with E-state index in [1.54, 1.807) is 6.07 Å². The van der Waals surface area contributed by atoms with E-state index in [-0.39, 0.29) is 11.5 Å². The molecule has 7 heteroatoms. The molecule has 4 aromatic rings. The van der Waals surface area contributed by atoms with Crippen molar-refractivity contribution in [3.8, 4) is 11.1 Å². The van der Waals surface area contributed by atoms with E-state index in [1.165, 1.54) is 25.0 Å². The summed E-state index contributed by atoms with van der Waals surface area (Å²) in [6.45, 7) is 2.75. The molecule has 2 aromatic carbocycles. The van der Waals surface area contributed by atoms with Crippen LogP contribution in [0.2, 0.25) is 0 Å². The Bertz CT molecular complexity index is 1350. The van der Waals surface area contributed by atoms with Gasteiger partial charge in [0.05, 0.1) is 23.1 Å². The Morgan fingerprint density at radius 3 is 2.68 bits per heavy atom. The number of H-pyrrole nitrogens is 2.